The third kappa shape index (κ3) is 4.03. The molecule has 0 unspecified atom stereocenters. The van der Waals surface area contributed by atoms with Crippen LogP contribution < -0.4 is 0 Å². The highest BCUT2D eigenvalue weighted by molar-refractivity contribution is 6.01. The fraction of sp³-hybridized carbons (Fsp3) is 0.316. The van der Waals surface area contributed by atoms with Crippen LogP contribution >= 0.6 is 0 Å². The lowest BCUT2D eigenvalue weighted by atomic mass is 9.95. The lowest BCUT2D eigenvalue weighted by Crippen LogP contribution is -2.04. The maximum atomic E-state index is 12.3. The van der Waals surface area contributed by atoms with E-state index in [1.165, 1.54) is 0 Å². The van der Waals surface area contributed by atoms with Crippen LogP contribution in [0.5, 0.6) is 17.2 Å². The molecular weight excluding hydrogens is 292 g/mol. The van der Waals surface area contributed by atoms with Crippen molar-refractivity contribution >= 4 is 5.78 Å². The first-order chi connectivity index (χ1) is 10.9. The zero-order valence-corrected chi connectivity index (χ0v) is 13.4. The van der Waals surface area contributed by atoms with Crippen LogP contribution in [0.15, 0.2) is 36.4 Å². The summed E-state index contributed by atoms with van der Waals surface area (Å²) >= 11 is 0. The van der Waals surface area contributed by atoms with Crippen LogP contribution in [0.25, 0.3) is 0 Å². The molecule has 2 rings (SSSR count). The van der Waals surface area contributed by atoms with Crippen molar-refractivity contribution in [2.45, 2.75) is 33.1 Å². The minimum atomic E-state index is -0.384. The Morgan fingerprint density at radius 2 is 1.70 bits per heavy atom. The van der Waals surface area contributed by atoms with E-state index in [2.05, 4.69) is 0 Å². The van der Waals surface area contributed by atoms with Crippen LogP contribution in [-0.2, 0) is 6.42 Å². The summed E-state index contributed by atoms with van der Waals surface area (Å²) in [7, 11) is 0. The number of hydrogen-bond acceptors (Lipinski definition) is 4. The summed E-state index contributed by atoms with van der Waals surface area (Å²) in [5.74, 6) is -0.901. The molecule has 23 heavy (non-hydrogen) atoms. The maximum absolute atomic E-state index is 12.3. The highest BCUT2D eigenvalue weighted by Crippen LogP contribution is 2.39. The first-order valence-electron chi connectivity index (χ1n) is 7.74. The molecule has 0 saturated heterocycles. The number of phenols is 3. The van der Waals surface area contributed by atoms with Gasteiger partial charge in [-0.3, -0.25) is 4.79 Å². The van der Waals surface area contributed by atoms with E-state index in [0.717, 1.165) is 11.6 Å². The average Bonchev–Trinajstić information content (AvgIpc) is 2.50. The Bertz CT molecular complexity index is 690. The predicted molar refractivity (Wildman–Crippen MR) is 89.1 cm³/mol. The molecule has 0 amide bonds. The van der Waals surface area contributed by atoms with Gasteiger partial charge in [0.15, 0.2) is 5.78 Å². The molecule has 122 valence electrons. The quantitative estimate of drug-likeness (QED) is 0.704. The van der Waals surface area contributed by atoms with Crippen molar-refractivity contribution < 1.29 is 20.1 Å². The molecule has 0 atom stereocenters. The van der Waals surface area contributed by atoms with E-state index >= 15 is 0 Å². The van der Waals surface area contributed by atoms with Gasteiger partial charge >= 0.3 is 0 Å². The number of hydrogen-bond donors (Lipinski definition) is 3. The van der Waals surface area contributed by atoms with Crippen LogP contribution in [0.4, 0.5) is 0 Å². The van der Waals surface area contributed by atoms with Gasteiger partial charge in [-0.25, -0.2) is 0 Å². The third-order valence-electron chi connectivity index (χ3n) is 3.81. The Morgan fingerprint density at radius 1 is 1.04 bits per heavy atom. The summed E-state index contributed by atoms with van der Waals surface area (Å²) in [6.45, 7) is 4.01. The van der Waals surface area contributed by atoms with Gasteiger partial charge in [-0.05, 0) is 17.9 Å². The van der Waals surface area contributed by atoms with Gasteiger partial charge in [0.1, 0.15) is 22.8 Å². The van der Waals surface area contributed by atoms with Gasteiger partial charge in [-0.1, -0.05) is 44.2 Å². The summed E-state index contributed by atoms with van der Waals surface area (Å²) in [4.78, 5) is 12.3. The molecule has 0 saturated carbocycles. The number of benzene rings is 2. The Hall–Kier alpha value is -2.49. The van der Waals surface area contributed by atoms with Crippen molar-refractivity contribution in [2.75, 3.05) is 0 Å². The van der Waals surface area contributed by atoms with Crippen LogP contribution in [0.1, 0.15) is 48.2 Å². The van der Waals surface area contributed by atoms with E-state index < -0.39 is 0 Å². The van der Waals surface area contributed by atoms with Crippen LogP contribution in [0.3, 0.4) is 0 Å². The zero-order valence-electron chi connectivity index (χ0n) is 13.4. The summed E-state index contributed by atoms with van der Waals surface area (Å²) in [6.07, 6.45) is 1.20. The van der Waals surface area contributed by atoms with Crippen LogP contribution in [0.2, 0.25) is 0 Å². The molecule has 0 spiro atoms. The van der Waals surface area contributed by atoms with Gasteiger partial charge in [0.25, 0.3) is 0 Å². The highest BCUT2D eigenvalue weighted by atomic mass is 16.3. The summed E-state index contributed by atoms with van der Waals surface area (Å²) < 4.78 is 0. The summed E-state index contributed by atoms with van der Waals surface area (Å²) in [5.41, 5.74) is 1.04. The second kappa shape index (κ2) is 7.18. The van der Waals surface area contributed by atoms with Crippen molar-refractivity contribution in [2.24, 2.45) is 5.92 Å². The van der Waals surface area contributed by atoms with Crippen LogP contribution in [0, 0.1) is 5.92 Å². The number of ketones is 1. The van der Waals surface area contributed by atoms with E-state index in [-0.39, 0.29) is 47.0 Å². The minimum absolute atomic E-state index is 0.102. The van der Waals surface area contributed by atoms with Gasteiger partial charge in [0.2, 0.25) is 0 Å². The fourth-order valence-corrected chi connectivity index (χ4v) is 2.48. The second-order valence-electron chi connectivity index (χ2n) is 6.14. The summed E-state index contributed by atoms with van der Waals surface area (Å²) in [6, 6.07) is 10.5. The molecule has 2 aromatic rings. The maximum Gasteiger partial charge on any atom is 0.170 e. The number of aromatic hydroxyl groups is 3. The summed E-state index contributed by atoms with van der Waals surface area (Å²) in [5, 5.41) is 30.4. The largest absolute Gasteiger partial charge is 0.507 e. The molecule has 0 aromatic heterocycles. The van der Waals surface area contributed by atoms with E-state index in [0.29, 0.717) is 12.3 Å². The van der Waals surface area contributed by atoms with E-state index in [1.807, 2.05) is 44.2 Å². The van der Waals surface area contributed by atoms with E-state index in [4.69, 9.17) is 0 Å². The zero-order chi connectivity index (χ0) is 17.0. The minimum Gasteiger partial charge on any atom is -0.507 e. The molecule has 0 heterocycles. The monoisotopic (exact) mass is 314 g/mol. The van der Waals surface area contributed by atoms with Crippen molar-refractivity contribution in [3.63, 3.8) is 0 Å². The lowest BCUT2D eigenvalue weighted by Gasteiger charge is -2.14. The van der Waals surface area contributed by atoms with Gasteiger partial charge in [0.05, 0.1) is 0 Å². The second-order valence-corrected chi connectivity index (χ2v) is 6.14. The highest BCUT2D eigenvalue weighted by Gasteiger charge is 2.22. The standard InChI is InChI=1S/C19H22O4/c1-12(2)8-9-15(20)18-17(22)11-16(21)14(19(18)23)10-13-6-4-3-5-7-13/h3-7,11-12,21-23H,8-10H2,1-2H3. The molecule has 3 N–H and O–H groups in total. The van der Waals surface area contributed by atoms with Crippen molar-refractivity contribution in [1.82, 2.24) is 0 Å². The Kier molecular flexibility index (Phi) is 5.27. The van der Waals surface area contributed by atoms with Gasteiger partial charge in [0, 0.05) is 24.5 Å². The molecule has 4 nitrogen and oxygen atoms in total. The number of phenolic OH excluding ortho intramolecular Hbond substituents is 3. The Balaban J connectivity index is 2.37. The fourth-order valence-electron chi connectivity index (χ4n) is 2.48. The number of carbonyl (C=O) groups excluding carboxylic acids is 1. The molecule has 0 bridgehead atoms. The Labute approximate surface area is 136 Å². The molecule has 0 radical (unpaired) electrons. The SMILES string of the molecule is CC(C)CCC(=O)c1c(O)cc(O)c(Cc2ccccc2)c1O. The van der Waals surface area contributed by atoms with Crippen LogP contribution in [-0.4, -0.2) is 21.1 Å². The van der Waals surface area contributed by atoms with Gasteiger partial charge in [-0.2, -0.15) is 0 Å². The normalized spacial score (nSPS) is 10.9. The first-order valence-corrected chi connectivity index (χ1v) is 7.74. The molecule has 0 aliphatic rings. The molecule has 0 aliphatic heterocycles. The average molecular weight is 314 g/mol. The van der Waals surface area contributed by atoms with Crippen molar-refractivity contribution in [1.29, 1.82) is 0 Å². The third-order valence-corrected chi connectivity index (χ3v) is 3.81. The first kappa shape index (κ1) is 16.9. The lowest BCUT2D eigenvalue weighted by molar-refractivity contribution is 0.0970. The molecule has 0 aliphatic carbocycles. The number of carbonyl (C=O) groups is 1. The molecule has 0 fully saturated rings. The van der Waals surface area contributed by atoms with Crippen molar-refractivity contribution in [3.05, 3.63) is 53.1 Å². The smallest absolute Gasteiger partial charge is 0.170 e. The predicted octanol–water partition coefficient (Wildman–Crippen LogP) is 4.01. The molecular formula is C19H22O4. The topological polar surface area (TPSA) is 77.8 Å². The number of rotatable bonds is 6. The molecule has 4 heteroatoms. The van der Waals surface area contributed by atoms with E-state index in [1.54, 1.807) is 0 Å². The number of Topliss-reactive ketones (excluding diaryl/α,β-unsaturated/α-hetero) is 1. The van der Waals surface area contributed by atoms with Gasteiger partial charge in [-0.15, -0.1) is 0 Å². The molecule has 2 aromatic carbocycles. The van der Waals surface area contributed by atoms with E-state index in [9.17, 15) is 20.1 Å². The Morgan fingerprint density at radius 3 is 2.30 bits per heavy atom. The van der Waals surface area contributed by atoms with Gasteiger partial charge < -0.3 is 15.3 Å². The van der Waals surface area contributed by atoms with Crippen molar-refractivity contribution in [3.8, 4) is 17.2 Å².